The largest absolute Gasteiger partial charge is 0.192 e. The van der Waals surface area contributed by atoms with Crippen molar-refractivity contribution in [2.24, 2.45) is 0 Å². The van der Waals surface area contributed by atoms with E-state index in [1.165, 1.54) is 0 Å². The van der Waals surface area contributed by atoms with Gasteiger partial charge in [-0.15, -0.1) is 0 Å². The van der Waals surface area contributed by atoms with E-state index in [0.29, 0.717) is 11.1 Å². The fourth-order valence-electron chi connectivity index (χ4n) is 2.40. The lowest BCUT2D eigenvalue weighted by Gasteiger charge is -2.08. The molecule has 0 spiro atoms. The summed E-state index contributed by atoms with van der Waals surface area (Å²) >= 11 is 2.31. The lowest BCUT2D eigenvalue weighted by atomic mass is 9.98. The SMILES string of the molecule is N#Cc1ccc(-c2cc(I)cc(-c3ccc(C#N)cc3)c2)cc1. The van der Waals surface area contributed by atoms with Crippen LogP contribution in [0.15, 0.2) is 66.7 Å². The maximum atomic E-state index is 8.90. The molecule has 0 atom stereocenters. The van der Waals surface area contributed by atoms with Gasteiger partial charge in [0.1, 0.15) is 0 Å². The normalized spacial score (nSPS) is 9.87. The van der Waals surface area contributed by atoms with Gasteiger partial charge in [-0.05, 0) is 87.3 Å². The van der Waals surface area contributed by atoms with E-state index in [2.05, 4.69) is 52.9 Å². The highest BCUT2D eigenvalue weighted by molar-refractivity contribution is 14.1. The maximum Gasteiger partial charge on any atom is 0.0991 e. The zero-order chi connectivity index (χ0) is 16.2. The molecule has 2 nitrogen and oxygen atoms in total. The predicted molar refractivity (Wildman–Crippen MR) is 99.5 cm³/mol. The van der Waals surface area contributed by atoms with Crippen LogP contribution in [0.1, 0.15) is 11.1 Å². The average Bonchev–Trinajstić information content (AvgIpc) is 2.61. The van der Waals surface area contributed by atoms with Crippen molar-refractivity contribution in [1.82, 2.24) is 0 Å². The molecular formula is C20H11IN2. The molecule has 23 heavy (non-hydrogen) atoms. The summed E-state index contributed by atoms with van der Waals surface area (Å²) < 4.78 is 1.14. The van der Waals surface area contributed by atoms with E-state index in [0.717, 1.165) is 25.8 Å². The van der Waals surface area contributed by atoms with Crippen LogP contribution in [0, 0.1) is 26.2 Å². The highest BCUT2D eigenvalue weighted by Gasteiger charge is 2.05. The summed E-state index contributed by atoms with van der Waals surface area (Å²) in [7, 11) is 0. The van der Waals surface area contributed by atoms with Crippen LogP contribution >= 0.6 is 22.6 Å². The molecule has 3 aromatic carbocycles. The Morgan fingerprint density at radius 1 is 0.565 bits per heavy atom. The van der Waals surface area contributed by atoms with Crippen molar-refractivity contribution in [2.75, 3.05) is 0 Å². The molecule has 0 aliphatic rings. The van der Waals surface area contributed by atoms with Gasteiger partial charge < -0.3 is 0 Å². The van der Waals surface area contributed by atoms with Gasteiger partial charge in [-0.25, -0.2) is 0 Å². The van der Waals surface area contributed by atoms with Gasteiger partial charge in [0, 0.05) is 3.57 Å². The summed E-state index contributed by atoms with van der Waals surface area (Å²) in [5, 5.41) is 17.8. The Hall–Kier alpha value is -2.63. The first-order valence-electron chi connectivity index (χ1n) is 7.01. The molecule has 3 heteroatoms. The minimum absolute atomic E-state index is 0.659. The average molecular weight is 406 g/mol. The van der Waals surface area contributed by atoms with Gasteiger partial charge in [0.05, 0.1) is 23.3 Å². The fourth-order valence-corrected chi connectivity index (χ4v) is 3.07. The summed E-state index contributed by atoms with van der Waals surface area (Å²) in [6.07, 6.45) is 0. The predicted octanol–water partition coefficient (Wildman–Crippen LogP) is 5.37. The Balaban J connectivity index is 2.04. The minimum atomic E-state index is 0.659. The molecular weight excluding hydrogens is 395 g/mol. The van der Waals surface area contributed by atoms with E-state index in [4.69, 9.17) is 10.5 Å². The van der Waals surface area contributed by atoms with Crippen molar-refractivity contribution in [1.29, 1.82) is 10.5 Å². The monoisotopic (exact) mass is 406 g/mol. The first-order chi connectivity index (χ1) is 11.2. The van der Waals surface area contributed by atoms with E-state index in [1.807, 2.05) is 48.5 Å². The second-order valence-corrected chi connectivity index (χ2v) is 6.35. The van der Waals surface area contributed by atoms with E-state index in [9.17, 15) is 0 Å². The Bertz CT molecular complexity index is 852. The van der Waals surface area contributed by atoms with E-state index in [1.54, 1.807) is 0 Å². The van der Waals surface area contributed by atoms with Crippen molar-refractivity contribution < 1.29 is 0 Å². The summed E-state index contributed by atoms with van der Waals surface area (Å²) in [5.41, 5.74) is 5.70. The molecule has 0 saturated carbocycles. The topological polar surface area (TPSA) is 47.6 Å². The standard InChI is InChI=1S/C20H11IN2/c21-20-10-18(16-5-1-14(12-22)2-6-16)9-19(11-20)17-7-3-15(13-23)4-8-17/h1-11H. The Kier molecular flexibility index (Phi) is 4.41. The lowest BCUT2D eigenvalue weighted by molar-refractivity contribution is 1.47. The Labute approximate surface area is 148 Å². The van der Waals surface area contributed by atoms with Crippen LogP contribution in [0.3, 0.4) is 0 Å². The second kappa shape index (κ2) is 6.64. The van der Waals surface area contributed by atoms with Crippen molar-refractivity contribution >= 4 is 22.6 Å². The summed E-state index contributed by atoms with van der Waals surface area (Å²) in [5.74, 6) is 0. The Morgan fingerprint density at radius 2 is 0.957 bits per heavy atom. The molecule has 0 N–H and O–H groups in total. The van der Waals surface area contributed by atoms with Gasteiger partial charge >= 0.3 is 0 Å². The third-order valence-electron chi connectivity index (χ3n) is 3.59. The molecule has 0 heterocycles. The number of rotatable bonds is 2. The summed E-state index contributed by atoms with van der Waals surface area (Å²) in [6, 6.07) is 25.8. The molecule has 0 aliphatic heterocycles. The molecule has 0 amide bonds. The third kappa shape index (κ3) is 3.41. The van der Waals surface area contributed by atoms with Crippen LogP contribution < -0.4 is 0 Å². The minimum Gasteiger partial charge on any atom is -0.192 e. The van der Waals surface area contributed by atoms with Crippen LogP contribution in [-0.4, -0.2) is 0 Å². The quantitative estimate of drug-likeness (QED) is 0.538. The molecule has 3 aromatic rings. The van der Waals surface area contributed by atoms with Gasteiger partial charge in [0.2, 0.25) is 0 Å². The summed E-state index contributed by atoms with van der Waals surface area (Å²) in [4.78, 5) is 0. The molecule has 0 unspecified atom stereocenters. The van der Waals surface area contributed by atoms with Crippen molar-refractivity contribution in [3.8, 4) is 34.4 Å². The van der Waals surface area contributed by atoms with E-state index in [-0.39, 0.29) is 0 Å². The molecule has 0 fully saturated rings. The van der Waals surface area contributed by atoms with Crippen molar-refractivity contribution in [3.05, 3.63) is 81.4 Å². The molecule has 0 radical (unpaired) electrons. The number of nitrogens with zero attached hydrogens (tertiary/aromatic N) is 2. The second-order valence-electron chi connectivity index (χ2n) is 5.11. The maximum absolute atomic E-state index is 8.90. The zero-order valence-electron chi connectivity index (χ0n) is 12.1. The van der Waals surface area contributed by atoms with Crippen LogP contribution in [-0.2, 0) is 0 Å². The third-order valence-corrected chi connectivity index (χ3v) is 4.22. The number of halogens is 1. The van der Waals surface area contributed by atoms with Gasteiger partial charge in [0.15, 0.2) is 0 Å². The molecule has 108 valence electrons. The van der Waals surface area contributed by atoms with Crippen LogP contribution in [0.4, 0.5) is 0 Å². The molecule has 0 aromatic heterocycles. The first-order valence-corrected chi connectivity index (χ1v) is 8.09. The Morgan fingerprint density at radius 3 is 1.30 bits per heavy atom. The van der Waals surface area contributed by atoms with E-state index >= 15 is 0 Å². The zero-order valence-corrected chi connectivity index (χ0v) is 14.3. The first kappa shape index (κ1) is 15.3. The van der Waals surface area contributed by atoms with Gasteiger partial charge in [0.25, 0.3) is 0 Å². The summed E-state index contributed by atoms with van der Waals surface area (Å²) in [6.45, 7) is 0. The van der Waals surface area contributed by atoms with Crippen molar-refractivity contribution in [2.45, 2.75) is 0 Å². The van der Waals surface area contributed by atoms with Crippen LogP contribution in [0.25, 0.3) is 22.3 Å². The van der Waals surface area contributed by atoms with E-state index < -0.39 is 0 Å². The molecule has 0 aliphatic carbocycles. The smallest absolute Gasteiger partial charge is 0.0991 e. The van der Waals surface area contributed by atoms with Gasteiger partial charge in [-0.2, -0.15) is 10.5 Å². The molecule has 0 bridgehead atoms. The van der Waals surface area contributed by atoms with Crippen LogP contribution in [0.2, 0.25) is 0 Å². The number of hydrogen-bond acceptors (Lipinski definition) is 2. The molecule has 3 rings (SSSR count). The molecule has 0 saturated heterocycles. The number of hydrogen-bond donors (Lipinski definition) is 0. The number of nitriles is 2. The van der Waals surface area contributed by atoms with Gasteiger partial charge in [-0.3, -0.25) is 0 Å². The lowest BCUT2D eigenvalue weighted by Crippen LogP contribution is -1.85. The number of benzene rings is 3. The highest BCUT2D eigenvalue weighted by atomic mass is 127. The van der Waals surface area contributed by atoms with Crippen LogP contribution in [0.5, 0.6) is 0 Å². The highest BCUT2D eigenvalue weighted by Crippen LogP contribution is 2.29. The van der Waals surface area contributed by atoms with Crippen molar-refractivity contribution in [3.63, 3.8) is 0 Å². The fraction of sp³-hybridized carbons (Fsp3) is 0. The van der Waals surface area contributed by atoms with Gasteiger partial charge in [-0.1, -0.05) is 24.3 Å².